The van der Waals surface area contributed by atoms with Crippen LogP contribution in [0, 0.1) is 0 Å². The summed E-state index contributed by atoms with van der Waals surface area (Å²) in [5.74, 6) is -0.927. The number of benzene rings is 3. The van der Waals surface area contributed by atoms with E-state index in [0.29, 0.717) is 10.0 Å². The molecule has 0 bridgehead atoms. The van der Waals surface area contributed by atoms with E-state index in [2.05, 4.69) is 0 Å². The van der Waals surface area contributed by atoms with Gasteiger partial charge in [0.05, 0.1) is 5.56 Å². The van der Waals surface area contributed by atoms with Gasteiger partial charge in [0.25, 0.3) is 0 Å². The van der Waals surface area contributed by atoms with Gasteiger partial charge in [0.15, 0.2) is 0 Å². The van der Waals surface area contributed by atoms with Crippen LogP contribution in [0.4, 0.5) is 0 Å². The van der Waals surface area contributed by atoms with Gasteiger partial charge in [-0.3, -0.25) is 0 Å². The zero-order chi connectivity index (χ0) is 16.4. The van der Waals surface area contributed by atoms with Gasteiger partial charge in [0.2, 0.25) is 0 Å². The molecule has 0 fully saturated rings. The average molecular weight is 343 g/mol. The van der Waals surface area contributed by atoms with E-state index in [4.69, 9.17) is 28.3 Å². The summed E-state index contributed by atoms with van der Waals surface area (Å²) >= 11 is 12.1. The van der Waals surface area contributed by atoms with E-state index in [1.165, 1.54) is 0 Å². The molecule has 0 spiro atoms. The first-order chi connectivity index (χ1) is 11.0. The number of hydrogen-bond acceptors (Lipinski definition) is 1. The molecule has 114 valence electrons. The average Bonchev–Trinajstić information content (AvgIpc) is 2.55. The van der Waals surface area contributed by atoms with E-state index in [1.807, 2.05) is 30.3 Å². The van der Waals surface area contributed by atoms with Crippen molar-refractivity contribution in [2.24, 2.45) is 0 Å². The van der Waals surface area contributed by atoms with Crippen LogP contribution in [-0.4, -0.2) is 11.1 Å². The predicted molar refractivity (Wildman–Crippen MR) is 94.3 cm³/mol. The lowest BCUT2D eigenvalue weighted by Gasteiger charge is -2.07. The molecule has 0 unspecified atom stereocenters. The van der Waals surface area contributed by atoms with E-state index < -0.39 is 5.97 Å². The smallest absolute Gasteiger partial charge is 0.335 e. The number of carboxylic acid groups (broad SMARTS) is 1. The van der Waals surface area contributed by atoms with Gasteiger partial charge in [0, 0.05) is 15.6 Å². The number of hydrogen-bond donors (Lipinski definition) is 1. The maximum absolute atomic E-state index is 10.9. The molecule has 23 heavy (non-hydrogen) atoms. The molecule has 0 aliphatic rings. The molecule has 0 saturated carbocycles. The molecule has 3 aromatic rings. The first-order valence-electron chi connectivity index (χ1n) is 6.94. The molecule has 3 rings (SSSR count). The van der Waals surface area contributed by atoms with Crippen molar-refractivity contribution < 1.29 is 9.90 Å². The number of aromatic carboxylic acids is 1. The standard InChI is InChI=1S/C19H12Cl2O2/c20-16-9-10-17(18(21)11-16)14-5-1-12(2-6-14)13-3-7-15(8-4-13)19(22)23/h1-11H,(H,22,23). The lowest BCUT2D eigenvalue weighted by Crippen LogP contribution is -1.94. The Hall–Kier alpha value is -2.29. The lowest BCUT2D eigenvalue weighted by atomic mass is 9.99. The summed E-state index contributed by atoms with van der Waals surface area (Å²) in [5.41, 5.74) is 4.17. The fourth-order valence-electron chi connectivity index (χ4n) is 2.37. The summed E-state index contributed by atoms with van der Waals surface area (Å²) in [6.45, 7) is 0. The van der Waals surface area contributed by atoms with Crippen LogP contribution in [0.2, 0.25) is 10.0 Å². The maximum atomic E-state index is 10.9. The molecule has 0 amide bonds. The van der Waals surface area contributed by atoms with Gasteiger partial charge in [-0.15, -0.1) is 0 Å². The highest BCUT2D eigenvalue weighted by molar-refractivity contribution is 6.36. The SMILES string of the molecule is O=C(O)c1ccc(-c2ccc(-c3ccc(Cl)cc3Cl)cc2)cc1. The zero-order valence-corrected chi connectivity index (χ0v) is 13.5. The Balaban J connectivity index is 1.91. The van der Waals surface area contributed by atoms with Crippen LogP contribution in [0.1, 0.15) is 10.4 Å². The normalized spacial score (nSPS) is 10.5. The van der Waals surface area contributed by atoms with Crippen molar-refractivity contribution in [1.82, 2.24) is 0 Å². The second-order valence-corrected chi connectivity index (χ2v) is 5.93. The van der Waals surface area contributed by atoms with Gasteiger partial charge >= 0.3 is 5.97 Å². The van der Waals surface area contributed by atoms with Crippen LogP contribution in [0.25, 0.3) is 22.3 Å². The minimum absolute atomic E-state index is 0.276. The van der Waals surface area contributed by atoms with Crippen LogP contribution < -0.4 is 0 Å². The van der Waals surface area contributed by atoms with Crippen molar-refractivity contribution in [2.45, 2.75) is 0 Å². The van der Waals surface area contributed by atoms with Gasteiger partial charge in [-0.2, -0.15) is 0 Å². The summed E-state index contributed by atoms with van der Waals surface area (Å²) in [4.78, 5) is 10.9. The van der Waals surface area contributed by atoms with Gasteiger partial charge in [-0.05, 0) is 41.0 Å². The first-order valence-corrected chi connectivity index (χ1v) is 7.69. The molecule has 0 heterocycles. The highest BCUT2D eigenvalue weighted by atomic mass is 35.5. The fraction of sp³-hybridized carbons (Fsp3) is 0. The van der Waals surface area contributed by atoms with Crippen molar-refractivity contribution in [3.05, 3.63) is 82.3 Å². The summed E-state index contributed by atoms with van der Waals surface area (Å²) in [5, 5.41) is 10.1. The minimum atomic E-state index is -0.927. The Labute approximate surface area is 143 Å². The van der Waals surface area contributed by atoms with Crippen molar-refractivity contribution in [2.75, 3.05) is 0 Å². The predicted octanol–water partition coefficient (Wildman–Crippen LogP) is 6.03. The molecule has 0 saturated heterocycles. The summed E-state index contributed by atoms with van der Waals surface area (Å²) < 4.78 is 0. The van der Waals surface area contributed by atoms with E-state index in [1.54, 1.807) is 36.4 Å². The molecular formula is C19H12Cl2O2. The van der Waals surface area contributed by atoms with Gasteiger partial charge < -0.3 is 5.11 Å². The summed E-state index contributed by atoms with van der Waals surface area (Å²) in [6.07, 6.45) is 0. The largest absolute Gasteiger partial charge is 0.478 e. The van der Waals surface area contributed by atoms with Gasteiger partial charge in [0.1, 0.15) is 0 Å². The summed E-state index contributed by atoms with van der Waals surface area (Å²) in [6, 6.07) is 20.1. The van der Waals surface area contributed by atoms with Crippen LogP contribution in [0.15, 0.2) is 66.7 Å². The Bertz CT molecular complexity index is 854. The Kier molecular flexibility index (Phi) is 4.37. The van der Waals surface area contributed by atoms with Gasteiger partial charge in [-0.25, -0.2) is 4.79 Å². The topological polar surface area (TPSA) is 37.3 Å². The van der Waals surface area contributed by atoms with Crippen molar-refractivity contribution in [3.8, 4) is 22.3 Å². The molecule has 0 aromatic heterocycles. The third-order valence-electron chi connectivity index (χ3n) is 3.59. The number of halogens is 2. The fourth-order valence-corrected chi connectivity index (χ4v) is 2.89. The Morgan fingerprint density at radius 2 is 1.26 bits per heavy atom. The lowest BCUT2D eigenvalue weighted by molar-refractivity contribution is 0.0697. The summed E-state index contributed by atoms with van der Waals surface area (Å²) in [7, 11) is 0. The third-order valence-corrected chi connectivity index (χ3v) is 4.14. The highest BCUT2D eigenvalue weighted by Crippen LogP contribution is 2.31. The monoisotopic (exact) mass is 342 g/mol. The van der Waals surface area contributed by atoms with E-state index in [0.717, 1.165) is 22.3 Å². The Morgan fingerprint density at radius 1 is 0.739 bits per heavy atom. The van der Waals surface area contributed by atoms with Crippen LogP contribution in [-0.2, 0) is 0 Å². The second-order valence-electron chi connectivity index (χ2n) is 5.08. The molecule has 3 aromatic carbocycles. The molecule has 1 N–H and O–H groups in total. The molecule has 2 nitrogen and oxygen atoms in total. The Morgan fingerprint density at radius 3 is 1.78 bits per heavy atom. The van der Waals surface area contributed by atoms with Crippen molar-refractivity contribution in [3.63, 3.8) is 0 Å². The third kappa shape index (κ3) is 3.39. The van der Waals surface area contributed by atoms with Crippen LogP contribution in [0.5, 0.6) is 0 Å². The number of carbonyl (C=O) groups is 1. The number of rotatable bonds is 3. The molecule has 0 aliphatic carbocycles. The molecule has 0 radical (unpaired) electrons. The van der Waals surface area contributed by atoms with Crippen molar-refractivity contribution >= 4 is 29.2 Å². The molecule has 0 atom stereocenters. The van der Waals surface area contributed by atoms with Crippen LogP contribution >= 0.6 is 23.2 Å². The van der Waals surface area contributed by atoms with Crippen LogP contribution in [0.3, 0.4) is 0 Å². The van der Waals surface area contributed by atoms with E-state index in [9.17, 15) is 4.79 Å². The quantitative estimate of drug-likeness (QED) is 0.631. The van der Waals surface area contributed by atoms with E-state index >= 15 is 0 Å². The first kappa shape index (κ1) is 15.6. The van der Waals surface area contributed by atoms with E-state index in [-0.39, 0.29) is 5.56 Å². The minimum Gasteiger partial charge on any atom is -0.478 e. The molecule has 0 aliphatic heterocycles. The van der Waals surface area contributed by atoms with Crippen molar-refractivity contribution in [1.29, 1.82) is 0 Å². The van der Waals surface area contributed by atoms with Gasteiger partial charge in [-0.1, -0.05) is 65.7 Å². The molecular weight excluding hydrogens is 331 g/mol. The highest BCUT2D eigenvalue weighted by Gasteiger charge is 2.06. The molecule has 4 heteroatoms. The zero-order valence-electron chi connectivity index (χ0n) is 12.0. The maximum Gasteiger partial charge on any atom is 0.335 e. The number of carboxylic acids is 1. The second kappa shape index (κ2) is 6.45.